The second-order valence-electron chi connectivity index (χ2n) is 7.10. The standard InChI is InChI=1S/C22H17Cl2FN2OS/c1-22(2,28)20-12-17(27(26-20)16-9-4-3-6-13(16)23)18-10-11-19(29-18)21-14(24)7-5-8-15(21)25/h3-12,28H,1-2H3. The number of aliphatic hydroxyl groups is 1. The molecule has 0 aliphatic heterocycles. The van der Waals surface area contributed by atoms with E-state index >= 15 is 0 Å². The maximum atomic E-state index is 14.4. The molecule has 0 spiro atoms. The van der Waals surface area contributed by atoms with Crippen LogP contribution in [0, 0.1) is 5.82 Å². The highest BCUT2D eigenvalue weighted by atomic mass is 35.5. The molecule has 1 N–H and O–H groups in total. The topological polar surface area (TPSA) is 38.0 Å². The lowest BCUT2D eigenvalue weighted by molar-refractivity contribution is 0.0734. The zero-order chi connectivity index (χ0) is 20.8. The number of nitrogens with zero attached hydrogens (tertiary/aromatic N) is 2. The van der Waals surface area contributed by atoms with Crippen LogP contribution in [0.25, 0.3) is 26.7 Å². The predicted molar refractivity (Wildman–Crippen MR) is 118 cm³/mol. The lowest BCUT2D eigenvalue weighted by Crippen LogP contribution is -2.16. The number of benzene rings is 2. The number of halogens is 3. The molecule has 0 saturated carbocycles. The first-order valence-electron chi connectivity index (χ1n) is 8.88. The fraction of sp³-hybridized carbons (Fsp3) is 0.136. The van der Waals surface area contributed by atoms with Gasteiger partial charge >= 0.3 is 0 Å². The van der Waals surface area contributed by atoms with Gasteiger partial charge in [-0.25, -0.2) is 9.07 Å². The Morgan fingerprint density at radius 1 is 0.966 bits per heavy atom. The fourth-order valence-corrected chi connectivity index (χ4v) is 4.61. The van der Waals surface area contributed by atoms with Gasteiger partial charge in [0, 0.05) is 10.4 Å². The van der Waals surface area contributed by atoms with Crippen molar-refractivity contribution in [2.24, 2.45) is 0 Å². The molecule has 4 rings (SSSR count). The van der Waals surface area contributed by atoms with Crippen LogP contribution in [0.1, 0.15) is 19.5 Å². The van der Waals surface area contributed by atoms with Crippen molar-refractivity contribution in [3.63, 3.8) is 0 Å². The van der Waals surface area contributed by atoms with Gasteiger partial charge in [0.15, 0.2) is 0 Å². The van der Waals surface area contributed by atoms with Gasteiger partial charge in [-0.15, -0.1) is 11.3 Å². The van der Waals surface area contributed by atoms with Gasteiger partial charge in [-0.05, 0) is 56.3 Å². The van der Waals surface area contributed by atoms with Crippen molar-refractivity contribution >= 4 is 34.5 Å². The summed E-state index contributed by atoms with van der Waals surface area (Å²) in [6, 6.07) is 17.5. The van der Waals surface area contributed by atoms with Gasteiger partial charge in [-0.3, -0.25) is 0 Å². The summed E-state index contributed by atoms with van der Waals surface area (Å²) < 4.78 is 16.1. The Hall–Kier alpha value is -2.18. The van der Waals surface area contributed by atoms with Crippen LogP contribution >= 0.6 is 34.5 Å². The van der Waals surface area contributed by atoms with Gasteiger partial charge < -0.3 is 5.11 Å². The average molecular weight is 447 g/mol. The number of aromatic nitrogens is 2. The second-order valence-corrected chi connectivity index (χ2v) is 9.00. The minimum Gasteiger partial charge on any atom is -0.384 e. The normalized spacial score (nSPS) is 11.8. The lowest BCUT2D eigenvalue weighted by Gasteiger charge is -2.13. The van der Waals surface area contributed by atoms with E-state index in [1.807, 2.05) is 36.4 Å². The SMILES string of the molecule is CC(C)(O)c1cc(-c2ccc(-c3c(F)cccc3Cl)s2)n(-c2ccccc2Cl)n1. The lowest BCUT2D eigenvalue weighted by atomic mass is 10.1. The average Bonchev–Trinajstić information content (AvgIpc) is 3.29. The highest BCUT2D eigenvalue weighted by Crippen LogP contribution is 2.40. The number of thiophene rings is 1. The quantitative estimate of drug-likeness (QED) is 0.368. The van der Waals surface area contributed by atoms with Gasteiger partial charge in [0.2, 0.25) is 0 Å². The van der Waals surface area contributed by atoms with E-state index in [0.717, 1.165) is 10.6 Å². The smallest absolute Gasteiger partial charge is 0.133 e. The summed E-state index contributed by atoms with van der Waals surface area (Å²) in [5.74, 6) is -0.373. The fourth-order valence-electron chi connectivity index (χ4n) is 3.01. The Morgan fingerprint density at radius 3 is 2.34 bits per heavy atom. The summed E-state index contributed by atoms with van der Waals surface area (Å²) in [6.45, 7) is 3.35. The molecule has 3 nitrogen and oxygen atoms in total. The molecule has 0 radical (unpaired) electrons. The number of rotatable bonds is 4. The Kier molecular flexibility index (Phi) is 5.25. The van der Waals surface area contributed by atoms with Gasteiger partial charge in [0.25, 0.3) is 0 Å². The van der Waals surface area contributed by atoms with Gasteiger partial charge in [0.1, 0.15) is 11.4 Å². The minimum absolute atomic E-state index is 0.357. The molecule has 0 aliphatic rings. The molecule has 148 valence electrons. The minimum atomic E-state index is -1.13. The molecule has 29 heavy (non-hydrogen) atoms. The van der Waals surface area contributed by atoms with Crippen molar-refractivity contribution in [2.75, 3.05) is 0 Å². The summed E-state index contributed by atoms with van der Waals surface area (Å²) >= 11 is 14.0. The zero-order valence-electron chi connectivity index (χ0n) is 15.7. The highest BCUT2D eigenvalue weighted by molar-refractivity contribution is 7.18. The van der Waals surface area contributed by atoms with Crippen LogP contribution in [-0.4, -0.2) is 14.9 Å². The van der Waals surface area contributed by atoms with Crippen molar-refractivity contribution in [1.29, 1.82) is 0 Å². The van der Waals surface area contributed by atoms with Crippen molar-refractivity contribution in [1.82, 2.24) is 9.78 Å². The van der Waals surface area contributed by atoms with E-state index in [-0.39, 0.29) is 5.82 Å². The summed E-state index contributed by atoms with van der Waals surface area (Å²) in [5.41, 5.74) is 1.19. The van der Waals surface area contributed by atoms with E-state index in [4.69, 9.17) is 23.2 Å². The van der Waals surface area contributed by atoms with Crippen molar-refractivity contribution < 1.29 is 9.50 Å². The molecule has 0 saturated heterocycles. The van der Waals surface area contributed by atoms with Crippen LogP contribution < -0.4 is 0 Å². The van der Waals surface area contributed by atoms with Crippen LogP contribution in [0.2, 0.25) is 10.0 Å². The maximum Gasteiger partial charge on any atom is 0.133 e. The van der Waals surface area contributed by atoms with Crippen molar-refractivity contribution in [3.05, 3.63) is 82.2 Å². The molecule has 4 aromatic rings. The van der Waals surface area contributed by atoms with Gasteiger partial charge in [-0.1, -0.05) is 41.4 Å². The molecular weight excluding hydrogens is 430 g/mol. The first-order valence-corrected chi connectivity index (χ1v) is 10.5. The molecule has 0 amide bonds. The monoisotopic (exact) mass is 446 g/mol. The Labute approximate surface area is 182 Å². The van der Waals surface area contributed by atoms with Crippen LogP contribution in [0.3, 0.4) is 0 Å². The molecular formula is C22H17Cl2FN2OS. The van der Waals surface area contributed by atoms with Crippen LogP contribution in [-0.2, 0) is 5.60 Å². The van der Waals surface area contributed by atoms with Crippen LogP contribution in [0.15, 0.2) is 60.7 Å². The third-order valence-corrected chi connectivity index (χ3v) is 6.24. The number of para-hydroxylation sites is 1. The Morgan fingerprint density at radius 2 is 1.66 bits per heavy atom. The third kappa shape index (κ3) is 3.83. The van der Waals surface area contributed by atoms with E-state index < -0.39 is 5.60 Å². The second kappa shape index (κ2) is 7.58. The van der Waals surface area contributed by atoms with Gasteiger partial charge in [-0.2, -0.15) is 5.10 Å². The van der Waals surface area contributed by atoms with E-state index in [1.165, 1.54) is 17.4 Å². The third-order valence-electron chi connectivity index (χ3n) is 4.48. The summed E-state index contributed by atoms with van der Waals surface area (Å²) in [6.07, 6.45) is 0. The molecule has 2 heterocycles. The summed E-state index contributed by atoms with van der Waals surface area (Å²) in [5, 5.41) is 16.0. The van der Waals surface area contributed by atoms with Crippen molar-refractivity contribution in [2.45, 2.75) is 19.4 Å². The van der Waals surface area contributed by atoms with Gasteiger partial charge in [0.05, 0.1) is 32.0 Å². The molecule has 0 bridgehead atoms. The molecule has 2 aromatic heterocycles. The molecule has 7 heteroatoms. The van der Waals surface area contributed by atoms with E-state index in [9.17, 15) is 9.50 Å². The largest absolute Gasteiger partial charge is 0.384 e. The van der Waals surface area contributed by atoms with E-state index in [1.54, 1.807) is 36.7 Å². The van der Waals surface area contributed by atoms with E-state index in [2.05, 4.69) is 5.10 Å². The van der Waals surface area contributed by atoms with Crippen LogP contribution in [0.4, 0.5) is 4.39 Å². The molecule has 2 aromatic carbocycles. The highest BCUT2D eigenvalue weighted by Gasteiger charge is 2.24. The zero-order valence-corrected chi connectivity index (χ0v) is 18.0. The van der Waals surface area contributed by atoms with Crippen molar-refractivity contribution in [3.8, 4) is 26.7 Å². The first kappa shape index (κ1) is 20.1. The van der Waals surface area contributed by atoms with Crippen LogP contribution in [0.5, 0.6) is 0 Å². The summed E-state index contributed by atoms with van der Waals surface area (Å²) in [7, 11) is 0. The Balaban J connectivity index is 1.89. The number of hydrogen-bond donors (Lipinski definition) is 1. The Bertz CT molecular complexity index is 1170. The molecule has 0 atom stereocenters. The first-order chi connectivity index (χ1) is 13.8. The maximum absolute atomic E-state index is 14.4. The predicted octanol–water partition coefficient (Wildman–Crippen LogP) is 6.94. The molecule has 0 fully saturated rings. The summed E-state index contributed by atoms with van der Waals surface area (Å²) in [4.78, 5) is 1.56. The molecule has 0 unspecified atom stereocenters. The number of hydrogen-bond acceptors (Lipinski definition) is 3. The molecule has 0 aliphatic carbocycles. The van der Waals surface area contributed by atoms with E-state index in [0.29, 0.717) is 31.9 Å².